The van der Waals surface area contributed by atoms with Crippen LogP contribution >= 0.6 is 34.8 Å². The van der Waals surface area contributed by atoms with Crippen molar-refractivity contribution in [3.63, 3.8) is 0 Å². The molecular weight excluding hydrogens is 345 g/mol. The van der Waals surface area contributed by atoms with Crippen molar-refractivity contribution in [1.82, 2.24) is 0 Å². The van der Waals surface area contributed by atoms with Crippen molar-refractivity contribution in [2.45, 2.75) is 20.0 Å². The number of carbonyl (C=O) groups excluding carboxylic acids is 1. The van der Waals surface area contributed by atoms with Crippen LogP contribution in [0.5, 0.6) is 5.75 Å². The number of benzene rings is 2. The lowest BCUT2D eigenvalue weighted by atomic mass is 10.2. The lowest BCUT2D eigenvalue weighted by Crippen LogP contribution is -2.13. The van der Waals surface area contributed by atoms with Crippen LogP contribution in [0.25, 0.3) is 0 Å². The van der Waals surface area contributed by atoms with Gasteiger partial charge in [-0.3, -0.25) is 4.79 Å². The third kappa shape index (κ3) is 4.07. The van der Waals surface area contributed by atoms with Gasteiger partial charge in [-0.2, -0.15) is 0 Å². The zero-order chi connectivity index (χ0) is 16.3. The van der Waals surface area contributed by atoms with Gasteiger partial charge in [0.15, 0.2) is 0 Å². The maximum atomic E-state index is 12.3. The predicted molar refractivity (Wildman–Crippen MR) is 91.6 cm³/mol. The van der Waals surface area contributed by atoms with Crippen molar-refractivity contribution in [3.05, 3.63) is 57.0 Å². The van der Waals surface area contributed by atoms with E-state index in [1.165, 1.54) is 6.07 Å². The van der Waals surface area contributed by atoms with Crippen LogP contribution in [-0.2, 0) is 0 Å². The SMILES string of the molecule is CC(C)Oc1cc(NC(=O)c2ccccc2Cl)c(Cl)cc1Cl. The molecule has 0 aliphatic rings. The lowest BCUT2D eigenvalue weighted by molar-refractivity contribution is 0.102. The van der Waals surface area contributed by atoms with E-state index in [4.69, 9.17) is 39.5 Å². The van der Waals surface area contributed by atoms with E-state index in [1.807, 2.05) is 13.8 Å². The van der Waals surface area contributed by atoms with Gasteiger partial charge in [0.2, 0.25) is 0 Å². The molecule has 1 amide bonds. The Morgan fingerprint density at radius 1 is 1.05 bits per heavy atom. The summed E-state index contributed by atoms with van der Waals surface area (Å²) < 4.78 is 5.58. The first-order valence-corrected chi connectivity index (χ1v) is 7.73. The monoisotopic (exact) mass is 357 g/mol. The Balaban J connectivity index is 2.29. The number of rotatable bonds is 4. The molecule has 0 aliphatic carbocycles. The molecule has 0 spiro atoms. The predicted octanol–water partition coefficient (Wildman–Crippen LogP) is 5.69. The molecule has 0 bridgehead atoms. The molecule has 3 nitrogen and oxygen atoms in total. The fraction of sp³-hybridized carbons (Fsp3) is 0.188. The fourth-order valence-electron chi connectivity index (χ4n) is 1.80. The normalized spacial score (nSPS) is 10.6. The molecule has 0 saturated carbocycles. The molecule has 0 aromatic heterocycles. The van der Waals surface area contributed by atoms with Crippen LogP contribution in [0.1, 0.15) is 24.2 Å². The Bertz CT molecular complexity index is 702. The second-order valence-electron chi connectivity index (χ2n) is 4.86. The van der Waals surface area contributed by atoms with Crippen LogP contribution in [0.4, 0.5) is 5.69 Å². The average molecular weight is 359 g/mol. The molecule has 2 rings (SSSR count). The number of carbonyl (C=O) groups is 1. The topological polar surface area (TPSA) is 38.3 Å². The van der Waals surface area contributed by atoms with Gasteiger partial charge in [-0.15, -0.1) is 0 Å². The highest BCUT2D eigenvalue weighted by atomic mass is 35.5. The number of hydrogen-bond acceptors (Lipinski definition) is 2. The quantitative estimate of drug-likeness (QED) is 0.763. The van der Waals surface area contributed by atoms with Gasteiger partial charge in [-0.05, 0) is 32.0 Å². The van der Waals surface area contributed by atoms with E-state index in [1.54, 1.807) is 30.3 Å². The van der Waals surface area contributed by atoms with Gasteiger partial charge in [0, 0.05) is 6.07 Å². The molecule has 0 fully saturated rings. The van der Waals surface area contributed by atoms with Crippen LogP contribution < -0.4 is 10.1 Å². The number of nitrogens with one attached hydrogen (secondary N) is 1. The number of anilines is 1. The number of halogens is 3. The van der Waals surface area contributed by atoms with E-state index in [2.05, 4.69) is 5.32 Å². The van der Waals surface area contributed by atoms with Gasteiger partial charge < -0.3 is 10.1 Å². The molecule has 0 radical (unpaired) electrons. The highest BCUT2D eigenvalue weighted by Gasteiger charge is 2.14. The maximum Gasteiger partial charge on any atom is 0.257 e. The van der Waals surface area contributed by atoms with E-state index in [9.17, 15) is 4.79 Å². The molecule has 0 atom stereocenters. The summed E-state index contributed by atoms with van der Waals surface area (Å²) >= 11 is 18.2. The first kappa shape index (κ1) is 16.9. The highest BCUT2D eigenvalue weighted by molar-refractivity contribution is 6.38. The van der Waals surface area contributed by atoms with E-state index in [0.717, 1.165) is 0 Å². The van der Waals surface area contributed by atoms with Crippen LogP contribution in [0, 0.1) is 0 Å². The van der Waals surface area contributed by atoms with Crippen molar-refractivity contribution in [2.75, 3.05) is 5.32 Å². The Kier molecular flexibility index (Phi) is 5.57. The van der Waals surface area contributed by atoms with Gasteiger partial charge in [0.1, 0.15) is 5.75 Å². The van der Waals surface area contributed by atoms with Crippen molar-refractivity contribution in [1.29, 1.82) is 0 Å². The summed E-state index contributed by atoms with van der Waals surface area (Å²) in [7, 11) is 0. The minimum Gasteiger partial charge on any atom is -0.489 e. The van der Waals surface area contributed by atoms with Crippen molar-refractivity contribution >= 4 is 46.4 Å². The van der Waals surface area contributed by atoms with Crippen LogP contribution in [-0.4, -0.2) is 12.0 Å². The molecule has 22 heavy (non-hydrogen) atoms. The lowest BCUT2D eigenvalue weighted by Gasteiger charge is -2.15. The first-order chi connectivity index (χ1) is 10.4. The van der Waals surface area contributed by atoms with E-state index in [0.29, 0.717) is 32.1 Å². The largest absolute Gasteiger partial charge is 0.489 e. The summed E-state index contributed by atoms with van der Waals surface area (Å²) in [5.41, 5.74) is 0.771. The summed E-state index contributed by atoms with van der Waals surface area (Å²) in [6.07, 6.45) is -0.0502. The fourth-order valence-corrected chi connectivity index (χ4v) is 2.50. The number of ether oxygens (including phenoxy) is 1. The van der Waals surface area contributed by atoms with Crippen molar-refractivity contribution in [2.24, 2.45) is 0 Å². The maximum absolute atomic E-state index is 12.3. The van der Waals surface area contributed by atoms with Gasteiger partial charge in [-0.25, -0.2) is 0 Å². The molecule has 2 aromatic rings. The van der Waals surface area contributed by atoms with Crippen LogP contribution in [0.2, 0.25) is 15.1 Å². The Morgan fingerprint density at radius 2 is 1.73 bits per heavy atom. The zero-order valence-electron chi connectivity index (χ0n) is 12.0. The second-order valence-corrected chi connectivity index (χ2v) is 6.08. The molecule has 2 aromatic carbocycles. The van der Waals surface area contributed by atoms with Crippen molar-refractivity contribution in [3.8, 4) is 5.75 Å². The minimum atomic E-state index is -0.356. The third-order valence-corrected chi connectivity index (χ3v) is 3.69. The Labute approximate surface area is 144 Å². The first-order valence-electron chi connectivity index (χ1n) is 6.60. The summed E-state index contributed by atoms with van der Waals surface area (Å²) in [4.78, 5) is 12.3. The zero-order valence-corrected chi connectivity index (χ0v) is 14.3. The summed E-state index contributed by atoms with van der Waals surface area (Å²) in [6.45, 7) is 3.76. The second kappa shape index (κ2) is 7.23. The summed E-state index contributed by atoms with van der Waals surface area (Å²) in [6, 6.07) is 9.89. The highest BCUT2D eigenvalue weighted by Crippen LogP contribution is 2.35. The molecule has 116 valence electrons. The molecule has 0 unspecified atom stereocenters. The summed E-state index contributed by atoms with van der Waals surface area (Å²) in [5, 5.41) is 3.78. The Morgan fingerprint density at radius 3 is 2.36 bits per heavy atom. The smallest absolute Gasteiger partial charge is 0.257 e. The third-order valence-electron chi connectivity index (χ3n) is 2.75. The summed E-state index contributed by atoms with van der Waals surface area (Å²) in [5.74, 6) is 0.0980. The van der Waals surface area contributed by atoms with Gasteiger partial charge >= 0.3 is 0 Å². The van der Waals surface area contributed by atoms with Gasteiger partial charge in [0.05, 0.1) is 32.4 Å². The molecule has 0 saturated heterocycles. The molecule has 1 N–H and O–H groups in total. The number of hydrogen-bond donors (Lipinski definition) is 1. The van der Waals surface area contributed by atoms with E-state index in [-0.39, 0.29) is 12.0 Å². The van der Waals surface area contributed by atoms with Crippen molar-refractivity contribution < 1.29 is 9.53 Å². The molecule has 0 heterocycles. The van der Waals surface area contributed by atoms with Gasteiger partial charge in [-0.1, -0.05) is 46.9 Å². The van der Waals surface area contributed by atoms with Crippen LogP contribution in [0.15, 0.2) is 36.4 Å². The minimum absolute atomic E-state index is 0.0502. The molecule has 0 aliphatic heterocycles. The van der Waals surface area contributed by atoms with Gasteiger partial charge in [0.25, 0.3) is 5.91 Å². The molecular formula is C16H14Cl3NO2. The van der Waals surface area contributed by atoms with E-state index >= 15 is 0 Å². The Hall–Kier alpha value is -1.42. The van der Waals surface area contributed by atoms with E-state index < -0.39 is 0 Å². The molecule has 6 heteroatoms. The standard InChI is InChI=1S/C16H14Cl3NO2/c1-9(2)22-15-8-14(12(18)7-13(15)19)20-16(21)10-5-3-4-6-11(10)17/h3-9H,1-2H3,(H,20,21). The average Bonchev–Trinajstić information content (AvgIpc) is 2.44. The number of amides is 1. The van der Waals surface area contributed by atoms with Crippen LogP contribution in [0.3, 0.4) is 0 Å².